The van der Waals surface area contributed by atoms with Crippen molar-refractivity contribution in [3.63, 3.8) is 0 Å². The van der Waals surface area contributed by atoms with E-state index < -0.39 is 36.4 Å². The molecule has 0 aliphatic carbocycles. The first-order chi connectivity index (χ1) is 15.9. The lowest BCUT2D eigenvalue weighted by Crippen LogP contribution is -2.44. The number of carboxylic acid groups (broad SMARTS) is 1. The van der Waals surface area contributed by atoms with Crippen molar-refractivity contribution in [3.05, 3.63) is 59.4 Å². The number of hydrogen-bond donors (Lipinski definition) is 2. The zero-order chi connectivity index (χ0) is 23.5. The number of aliphatic hydroxyl groups is 1. The zero-order valence-electron chi connectivity index (χ0n) is 17.8. The fourth-order valence-electron chi connectivity index (χ4n) is 4.09. The van der Waals surface area contributed by atoms with Gasteiger partial charge in [-0.2, -0.15) is 0 Å². The summed E-state index contributed by atoms with van der Waals surface area (Å²) >= 11 is 0. The van der Waals surface area contributed by atoms with E-state index in [4.69, 9.17) is 4.74 Å². The van der Waals surface area contributed by atoms with Gasteiger partial charge in [0.05, 0.1) is 48.3 Å². The smallest absolute Gasteiger partial charge is 0.411 e. The number of hydrogen-bond acceptors (Lipinski definition) is 6. The third-order valence-corrected chi connectivity index (χ3v) is 5.70. The van der Waals surface area contributed by atoms with E-state index in [-0.39, 0.29) is 23.4 Å². The normalized spacial score (nSPS) is 17.0. The van der Waals surface area contributed by atoms with Gasteiger partial charge in [0.1, 0.15) is 5.82 Å². The van der Waals surface area contributed by atoms with Gasteiger partial charge in [0, 0.05) is 19.7 Å². The number of halogens is 1. The number of fused-ring (bicyclic) bond motifs is 1. The molecule has 2 aliphatic heterocycles. The molecule has 2 aromatic carbocycles. The summed E-state index contributed by atoms with van der Waals surface area (Å²) in [5.74, 6) is -1.68. The summed E-state index contributed by atoms with van der Waals surface area (Å²) in [6, 6.07) is 10.4. The van der Waals surface area contributed by atoms with E-state index in [1.165, 1.54) is 24.3 Å². The summed E-state index contributed by atoms with van der Waals surface area (Å²) in [6.45, 7) is 1.40. The molecule has 10 heteroatoms. The summed E-state index contributed by atoms with van der Waals surface area (Å²) in [5, 5.41) is 20.1. The molecule has 33 heavy (non-hydrogen) atoms. The van der Waals surface area contributed by atoms with Crippen LogP contribution in [0.25, 0.3) is 0 Å². The molecule has 0 unspecified atom stereocenters. The molecule has 2 heterocycles. The molecule has 0 spiro atoms. The molecular weight excluding hydrogens is 433 g/mol. The van der Waals surface area contributed by atoms with Gasteiger partial charge in [0.25, 0.3) is 11.8 Å². The second-order valence-corrected chi connectivity index (χ2v) is 7.90. The minimum atomic E-state index is -1.40. The van der Waals surface area contributed by atoms with Gasteiger partial charge in [-0.15, -0.1) is 0 Å². The van der Waals surface area contributed by atoms with Crippen LogP contribution in [-0.2, 0) is 4.74 Å². The highest BCUT2D eigenvalue weighted by Gasteiger charge is 2.36. The number of carbonyl (C=O) groups excluding carboxylic acids is 2. The van der Waals surface area contributed by atoms with Gasteiger partial charge >= 0.3 is 6.09 Å². The standard InChI is InChI=1S/C23H24FN3O6/c24-19-12-15(6-7-20(19)25-8-3-10-33-11-9-25)26(23(31)32)13-16(28)14-27-21(29)17-4-1-2-5-18(17)22(27)30/h1-2,4-7,12,16,28H,3,8-11,13-14H2,(H,31,32)/t16-/m1/s1. The van der Waals surface area contributed by atoms with Crippen molar-refractivity contribution in [2.45, 2.75) is 12.5 Å². The molecule has 1 atom stereocenters. The third-order valence-electron chi connectivity index (χ3n) is 5.70. The highest BCUT2D eigenvalue weighted by molar-refractivity contribution is 6.21. The summed E-state index contributed by atoms with van der Waals surface area (Å²) in [6.07, 6.45) is -2.01. The van der Waals surface area contributed by atoms with E-state index in [2.05, 4.69) is 0 Å². The Morgan fingerprint density at radius 1 is 1.09 bits per heavy atom. The first-order valence-corrected chi connectivity index (χ1v) is 10.6. The largest absolute Gasteiger partial charge is 0.465 e. The Morgan fingerprint density at radius 3 is 2.42 bits per heavy atom. The van der Waals surface area contributed by atoms with Gasteiger partial charge in [-0.05, 0) is 36.8 Å². The van der Waals surface area contributed by atoms with E-state index in [1.807, 2.05) is 4.90 Å². The molecule has 174 valence electrons. The minimum Gasteiger partial charge on any atom is -0.465 e. The predicted octanol–water partition coefficient (Wildman–Crippen LogP) is 2.19. The van der Waals surface area contributed by atoms with Crippen LogP contribution in [0.3, 0.4) is 0 Å². The number of aliphatic hydroxyl groups excluding tert-OH is 1. The van der Waals surface area contributed by atoms with Gasteiger partial charge in [-0.3, -0.25) is 19.4 Å². The van der Waals surface area contributed by atoms with E-state index in [1.54, 1.807) is 12.1 Å². The van der Waals surface area contributed by atoms with E-state index in [0.29, 0.717) is 32.0 Å². The average molecular weight is 457 g/mol. The van der Waals surface area contributed by atoms with E-state index >= 15 is 0 Å². The van der Waals surface area contributed by atoms with Crippen LogP contribution in [0.5, 0.6) is 0 Å². The summed E-state index contributed by atoms with van der Waals surface area (Å²) in [7, 11) is 0. The molecule has 4 rings (SSSR count). The number of rotatable bonds is 6. The first-order valence-electron chi connectivity index (χ1n) is 10.6. The van der Waals surface area contributed by atoms with Crippen LogP contribution in [0.15, 0.2) is 42.5 Å². The first kappa shape index (κ1) is 22.7. The second kappa shape index (κ2) is 9.55. The van der Waals surface area contributed by atoms with Crippen LogP contribution in [0.2, 0.25) is 0 Å². The Labute approximate surface area is 189 Å². The van der Waals surface area contributed by atoms with Crippen molar-refractivity contribution in [3.8, 4) is 0 Å². The van der Waals surface area contributed by atoms with Gasteiger partial charge in [0.15, 0.2) is 0 Å². The molecule has 2 aromatic rings. The number of anilines is 2. The lowest BCUT2D eigenvalue weighted by molar-refractivity contribution is 0.0552. The Kier molecular flexibility index (Phi) is 6.57. The minimum absolute atomic E-state index is 0.0382. The molecule has 0 radical (unpaired) electrons. The molecule has 9 nitrogen and oxygen atoms in total. The molecule has 0 aromatic heterocycles. The number of imide groups is 1. The molecule has 3 amide bonds. The third kappa shape index (κ3) is 4.67. The van der Waals surface area contributed by atoms with Crippen molar-refractivity contribution in [1.29, 1.82) is 0 Å². The molecule has 2 N–H and O–H groups in total. The van der Waals surface area contributed by atoms with Crippen molar-refractivity contribution in [1.82, 2.24) is 4.90 Å². The summed E-state index contributed by atoms with van der Waals surface area (Å²) < 4.78 is 20.2. The van der Waals surface area contributed by atoms with Crippen LogP contribution in [0, 0.1) is 5.82 Å². The lowest BCUT2D eigenvalue weighted by atomic mass is 10.1. The number of β-amino-alcohol motifs (C(OH)–C–C–N with tert-alkyl or cyclic N) is 1. The average Bonchev–Trinajstić information content (AvgIpc) is 2.98. The van der Waals surface area contributed by atoms with Gasteiger partial charge in [-0.25, -0.2) is 9.18 Å². The quantitative estimate of drug-likeness (QED) is 0.640. The fraction of sp³-hybridized carbons (Fsp3) is 0.348. The lowest BCUT2D eigenvalue weighted by Gasteiger charge is -2.27. The van der Waals surface area contributed by atoms with Gasteiger partial charge in [0.2, 0.25) is 0 Å². The molecule has 1 fully saturated rings. The number of benzene rings is 2. The highest BCUT2D eigenvalue weighted by Crippen LogP contribution is 2.27. The Morgan fingerprint density at radius 2 is 1.79 bits per heavy atom. The van der Waals surface area contributed by atoms with Crippen molar-refractivity contribution in [2.24, 2.45) is 0 Å². The molecular formula is C23H24FN3O6. The monoisotopic (exact) mass is 457 g/mol. The van der Waals surface area contributed by atoms with Crippen LogP contribution in [-0.4, -0.2) is 78.5 Å². The van der Waals surface area contributed by atoms with Gasteiger partial charge < -0.3 is 19.8 Å². The SMILES string of the molecule is O=C1c2ccccc2C(=O)N1C[C@H](O)CN(C(=O)O)c1ccc(N2CCCOCC2)c(F)c1. The maximum absolute atomic E-state index is 14.8. The maximum atomic E-state index is 14.8. The molecule has 0 saturated carbocycles. The van der Waals surface area contributed by atoms with E-state index in [9.17, 15) is 29.0 Å². The van der Waals surface area contributed by atoms with Gasteiger partial charge in [-0.1, -0.05) is 12.1 Å². The van der Waals surface area contributed by atoms with Crippen molar-refractivity contribution < 1.29 is 33.7 Å². The number of carbonyl (C=O) groups is 3. The summed E-state index contributed by atoms with van der Waals surface area (Å²) in [5.41, 5.74) is 0.861. The number of nitrogens with zero attached hydrogens (tertiary/aromatic N) is 3. The molecule has 2 aliphatic rings. The Bertz CT molecular complexity index is 1030. The van der Waals surface area contributed by atoms with Crippen LogP contribution < -0.4 is 9.80 Å². The van der Waals surface area contributed by atoms with Crippen molar-refractivity contribution >= 4 is 29.3 Å². The van der Waals surface area contributed by atoms with E-state index in [0.717, 1.165) is 22.3 Å². The van der Waals surface area contributed by atoms with Crippen molar-refractivity contribution in [2.75, 3.05) is 49.2 Å². The Hall–Kier alpha value is -3.50. The molecule has 0 bridgehead atoms. The Balaban J connectivity index is 1.47. The second-order valence-electron chi connectivity index (χ2n) is 7.90. The van der Waals surface area contributed by atoms with Crippen LogP contribution in [0.1, 0.15) is 27.1 Å². The number of ether oxygens (including phenoxy) is 1. The van der Waals surface area contributed by atoms with Crippen LogP contribution in [0.4, 0.5) is 20.6 Å². The fourth-order valence-corrected chi connectivity index (χ4v) is 4.09. The number of amides is 3. The summed E-state index contributed by atoms with van der Waals surface area (Å²) in [4.78, 5) is 40.3. The maximum Gasteiger partial charge on any atom is 0.411 e. The highest BCUT2D eigenvalue weighted by atomic mass is 19.1. The zero-order valence-corrected chi connectivity index (χ0v) is 17.8. The topological polar surface area (TPSA) is 111 Å². The molecule has 1 saturated heterocycles. The predicted molar refractivity (Wildman–Crippen MR) is 117 cm³/mol. The van der Waals surface area contributed by atoms with Crippen LogP contribution >= 0.6 is 0 Å².